The Hall–Kier alpha value is -2.31. The van der Waals surface area contributed by atoms with Gasteiger partial charge in [-0.1, -0.05) is 30.3 Å². The molecule has 7 heteroatoms. The van der Waals surface area contributed by atoms with Gasteiger partial charge < -0.3 is 4.90 Å². The van der Waals surface area contributed by atoms with Gasteiger partial charge in [0.25, 0.3) is 5.91 Å². The van der Waals surface area contributed by atoms with E-state index in [2.05, 4.69) is 5.10 Å². The Morgan fingerprint density at radius 1 is 1.13 bits per heavy atom. The van der Waals surface area contributed by atoms with Crippen molar-refractivity contribution in [3.05, 3.63) is 53.3 Å². The van der Waals surface area contributed by atoms with Crippen LogP contribution in [0.4, 0.5) is 13.2 Å². The van der Waals surface area contributed by atoms with Crippen LogP contribution in [0.3, 0.4) is 0 Å². The molecule has 0 radical (unpaired) electrons. The molecule has 0 aliphatic carbocycles. The summed E-state index contributed by atoms with van der Waals surface area (Å²) >= 11 is 0. The standard InChI is InChI=1S/C16H16F3N3O/c17-16(18,19)14-13(15(23)21-8-4-5-9-21)10-20-22(14)11-12-6-2-1-3-7-12/h1-3,6-7,10H,4-5,8-9,11H2. The zero-order valence-corrected chi connectivity index (χ0v) is 12.4. The van der Waals surface area contributed by atoms with Crippen molar-refractivity contribution in [2.45, 2.75) is 25.6 Å². The van der Waals surface area contributed by atoms with E-state index in [-0.39, 0.29) is 12.1 Å². The summed E-state index contributed by atoms with van der Waals surface area (Å²) in [6, 6.07) is 8.75. The first-order valence-corrected chi connectivity index (χ1v) is 7.43. The molecule has 1 aliphatic rings. The molecule has 0 bridgehead atoms. The number of hydrogen-bond acceptors (Lipinski definition) is 2. The Morgan fingerprint density at radius 2 is 1.78 bits per heavy atom. The number of nitrogens with zero attached hydrogens (tertiary/aromatic N) is 3. The van der Waals surface area contributed by atoms with Crippen molar-refractivity contribution < 1.29 is 18.0 Å². The van der Waals surface area contributed by atoms with Crippen LogP contribution in [0.25, 0.3) is 0 Å². The molecule has 4 nitrogen and oxygen atoms in total. The number of amides is 1. The van der Waals surface area contributed by atoms with Crippen molar-refractivity contribution >= 4 is 5.91 Å². The fourth-order valence-electron chi connectivity index (χ4n) is 2.81. The molecule has 0 spiro atoms. The predicted octanol–water partition coefficient (Wildman–Crippen LogP) is 3.19. The molecular formula is C16H16F3N3O. The Kier molecular flexibility index (Phi) is 4.11. The fraction of sp³-hybridized carbons (Fsp3) is 0.375. The van der Waals surface area contributed by atoms with Gasteiger partial charge in [-0.2, -0.15) is 18.3 Å². The van der Waals surface area contributed by atoms with Crippen LogP contribution in [0.15, 0.2) is 36.5 Å². The van der Waals surface area contributed by atoms with Crippen LogP contribution in [0, 0.1) is 0 Å². The van der Waals surface area contributed by atoms with E-state index in [4.69, 9.17) is 0 Å². The first kappa shape index (κ1) is 15.6. The van der Waals surface area contributed by atoms with Gasteiger partial charge >= 0.3 is 6.18 Å². The van der Waals surface area contributed by atoms with Crippen LogP contribution in [-0.2, 0) is 12.7 Å². The van der Waals surface area contributed by atoms with Gasteiger partial charge in [-0.15, -0.1) is 0 Å². The number of carbonyl (C=O) groups is 1. The largest absolute Gasteiger partial charge is 0.433 e. The summed E-state index contributed by atoms with van der Waals surface area (Å²) in [6.07, 6.45) is -1.95. The summed E-state index contributed by atoms with van der Waals surface area (Å²) in [6.45, 7) is 0.975. The summed E-state index contributed by atoms with van der Waals surface area (Å²) in [5.41, 5.74) is -0.644. The minimum atomic E-state index is -4.63. The minimum absolute atomic E-state index is 0.0248. The highest BCUT2D eigenvalue weighted by molar-refractivity contribution is 5.95. The molecular weight excluding hydrogens is 307 g/mol. The van der Waals surface area contributed by atoms with Crippen molar-refractivity contribution in [2.75, 3.05) is 13.1 Å². The maximum atomic E-state index is 13.5. The molecule has 2 aromatic rings. The minimum Gasteiger partial charge on any atom is -0.339 e. The third-order valence-corrected chi connectivity index (χ3v) is 3.91. The Bertz CT molecular complexity index is 688. The summed E-state index contributed by atoms with van der Waals surface area (Å²) in [5, 5.41) is 3.82. The molecule has 1 aromatic heterocycles. The average molecular weight is 323 g/mol. The Labute approximate surface area is 131 Å². The van der Waals surface area contributed by atoms with Crippen LogP contribution in [0.1, 0.15) is 34.5 Å². The van der Waals surface area contributed by atoms with Gasteiger partial charge in [-0.25, -0.2) is 0 Å². The quantitative estimate of drug-likeness (QED) is 0.870. The summed E-state index contributed by atoms with van der Waals surface area (Å²) in [7, 11) is 0. The number of hydrogen-bond donors (Lipinski definition) is 0. The highest BCUT2D eigenvalue weighted by Gasteiger charge is 2.41. The normalized spacial score (nSPS) is 15.2. The van der Waals surface area contributed by atoms with Crippen molar-refractivity contribution in [1.29, 1.82) is 0 Å². The molecule has 122 valence electrons. The zero-order chi connectivity index (χ0) is 16.4. The van der Waals surface area contributed by atoms with Gasteiger partial charge in [-0.05, 0) is 18.4 Å². The topological polar surface area (TPSA) is 38.1 Å². The van der Waals surface area contributed by atoms with Crippen molar-refractivity contribution in [1.82, 2.24) is 14.7 Å². The third-order valence-electron chi connectivity index (χ3n) is 3.91. The number of benzene rings is 1. The SMILES string of the molecule is O=C(c1cnn(Cc2ccccc2)c1C(F)(F)F)N1CCCC1. The van der Waals surface area contributed by atoms with Gasteiger partial charge in [-0.3, -0.25) is 9.48 Å². The second kappa shape index (κ2) is 6.06. The number of rotatable bonds is 3. The van der Waals surface area contributed by atoms with Crippen LogP contribution >= 0.6 is 0 Å². The van der Waals surface area contributed by atoms with Gasteiger partial charge in [0.2, 0.25) is 0 Å². The van der Waals surface area contributed by atoms with Crippen LogP contribution in [-0.4, -0.2) is 33.7 Å². The van der Waals surface area contributed by atoms with Gasteiger partial charge in [0.05, 0.1) is 18.3 Å². The molecule has 1 aliphatic heterocycles. The highest BCUT2D eigenvalue weighted by atomic mass is 19.4. The van der Waals surface area contributed by atoms with E-state index in [1.165, 1.54) is 4.90 Å². The van der Waals surface area contributed by atoms with Gasteiger partial charge in [0.1, 0.15) is 0 Å². The van der Waals surface area contributed by atoms with Crippen molar-refractivity contribution in [3.63, 3.8) is 0 Å². The van der Waals surface area contributed by atoms with Gasteiger partial charge in [0.15, 0.2) is 5.69 Å². The second-order valence-electron chi connectivity index (χ2n) is 5.55. The van der Waals surface area contributed by atoms with Crippen LogP contribution < -0.4 is 0 Å². The first-order valence-electron chi connectivity index (χ1n) is 7.43. The number of carbonyl (C=O) groups excluding carboxylic acids is 1. The van der Waals surface area contributed by atoms with E-state index >= 15 is 0 Å². The van der Waals surface area contributed by atoms with Crippen LogP contribution in [0.5, 0.6) is 0 Å². The second-order valence-corrected chi connectivity index (χ2v) is 5.55. The zero-order valence-electron chi connectivity index (χ0n) is 12.4. The molecule has 3 rings (SSSR count). The lowest BCUT2D eigenvalue weighted by Gasteiger charge is -2.17. The summed E-state index contributed by atoms with van der Waals surface area (Å²) < 4.78 is 41.2. The summed E-state index contributed by atoms with van der Waals surface area (Å²) in [5.74, 6) is -0.589. The number of aromatic nitrogens is 2. The molecule has 1 aromatic carbocycles. The molecule has 0 N–H and O–H groups in total. The fourth-order valence-corrected chi connectivity index (χ4v) is 2.81. The highest BCUT2D eigenvalue weighted by Crippen LogP contribution is 2.33. The lowest BCUT2D eigenvalue weighted by molar-refractivity contribution is -0.144. The molecule has 0 unspecified atom stereocenters. The molecule has 2 heterocycles. The smallest absolute Gasteiger partial charge is 0.339 e. The molecule has 1 saturated heterocycles. The lowest BCUT2D eigenvalue weighted by Crippen LogP contribution is -2.30. The number of likely N-dealkylation sites (tertiary alicyclic amines) is 1. The van der Waals surface area contributed by atoms with E-state index < -0.39 is 17.8 Å². The Morgan fingerprint density at radius 3 is 2.39 bits per heavy atom. The van der Waals surface area contributed by atoms with Crippen molar-refractivity contribution in [2.24, 2.45) is 0 Å². The molecule has 0 atom stereocenters. The van der Waals surface area contributed by atoms with Gasteiger partial charge in [0, 0.05) is 13.1 Å². The van der Waals surface area contributed by atoms with E-state index in [0.717, 1.165) is 23.7 Å². The average Bonchev–Trinajstić information content (AvgIpc) is 3.16. The lowest BCUT2D eigenvalue weighted by atomic mass is 10.2. The summed E-state index contributed by atoms with van der Waals surface area (Å²) in [4.78, 5) is 13.8. The number of alkyl halides is 3. The first-order chi connectivity index (χ1) is 11.0. The maximum Gasteiger partial charge on any atom is 0.433 e. The predicted molar refractivity (Wildman–Crippen MR) is 77.9 cm³/mol. The third kappa shape index (κ3) is 3.23. The monoisotopic (exact) mass is 323 g/mol. The molecule has 1 fully saturated rings. The maximum absolute atomic E-state index is 13.5. The van der Waals surface area contributed by atoms with E-state index in [1.54, 1.807) is 30.3 Å². The van der Waals surface area contributed by atoms with E-state index in [1.807, 2.05) is 0 Å². The Balaban J connectivity index is 1.96. The molecule has 0 saturated carbocycles. The van der Waals surface area contributed by atoms with Crippen molar-refractivity contribution in [3.8, 4) is 0 Å². The molecule has 23 heavy (non-hydrogen) atoms. The van der Waals surface area contributed by atoms with Crippen LogP contribution in [0.2, 0.25) is 0 Å². The number of halogens is 3. The van der Waals surface area contributed by atoms with E-state index in [0.29, 0.717) is 18.7 Å². The van der Waals surface area contributed by atoms with E-state index in [9.17, 15) is 18.0 Å². The molecule has 1 amide bonds.